The first-order valence-electron chi connectivity index (χ1n) is 3.13. The second-order valence-electron chi connectivity index (χ2n) is 1.99. The summed E-state index contributed by atoms with van der Waals surface area (Å²) in [6.45, 7) is 0.0873. The van der Waals surface area contributed by atoms with Crippen molar-refractivity contribution in [1.82, 2.24) is 6.15 Å². The second kappa shape index (κ2) is 6.79. The summed E-state index contributed by atoms with van der Waals surface area (Å²) in [4.78, 5) is 10.9. The first-order chi connectivity index (χ1) is 4.84. The lowest BCUT2D eigenvalue weighted by atomic mass is 10.1. The molecule has 0 aliphatic heterocycles. The third kappa shape index (κ3) is 3.48. The van der Waals surface area contributed by atoms with Gasteiger partial charge in [-0.25, -0.2) is 0 Å². The first kappa shape index (κ1) is 13.7. The number of benzene rings is 1. The highest BCUT2D eigenvalue weighted by Crippen LogP contribution is 1.97. The van der Waals surface area contributed by atoms with Gasteiger partial charge < -0.3 is 11.9 Å². The van der Waals surface area contributed by atoms with Crippen molar-refractivity contribution in [2.45, 2.75) is 0 Å². The molecule has 1 aromatic carbocycles. The minimum atomic E-state index is -0.0133. The van der Waals surface area contributed by atoms with Crippen LogP contribution < -0.4 is 11.9 Å². The van der Waals surface area contributed by atoms with Gasteiger partial charge in [0.2, 0.25) is 0 Å². The number of hydrogen-bond donors (Lipinski definition) is 2. The van der Waals surface area contributed by atoms with Crippen molar-refractivity contribution in [3.05, 3.63) is 35.9 Å². The van der Waals surface area contributed by atoms with Crippen LogP contribution in [0, 0.1) is 0 Å². The summed E-state index contributed by atoms with van der Waals surface area (Å²) in [5.41, 5.74) is 5.84. The zero-order chi connectivity index (χ0) is 7.40. The maximum Gasteiger partial charge on any atom is 0.176 e. The molecule has 0 heterocycles. The second-order valence-corrected chi connectivity index (χ2v) is 1.99. The van der Waals surface area contributed by atoms with Gasteiger partial charge in [-0.15, -0.1) is 12.4 Å². The Kier molecular flexibility index (Phi) is 7.73. The lowest BCUT2D eigenvalue weighted by Gasteiger charge is -1.93. The molecular weight excluding hydrogens is 176 g/mol. The van der Waals surface area contributed by atoms with E-state index in [9.17, 15) is 4.79 Å². The van der Waals surface area contributed by atoms with Crippen LogP contribution in [0.25, 0.3) is 0 Å². The third-order valence-electron chi connectivity index (χ3n) is 1.28. The average molecular weight is 189 g/mol. The van der Waals surface area contributed by atoms with Crippen molar-refractivity contribution in [3.8, 4) is 0 Å². The molecule has 0 aromatic heterocycles. The predicted octanol–water partition coefficient (Wildman–Crippen LogP) is 1.41. The smallest absolute Gasteiger partial charge is 0.176 e. The number of halogens is 1. The molecule has 0 saturated heterocycles. The largest absolute Gasteiger partial charge is 0.344 e. The average Bonchev–Trinajstić information content (AvgIpc) is 2.05. The molecule has 1 aromatic rings. The lowest BCUT2D eigenvalue weighted by Crippen LogP contribution is -2.12. The zero-order valence-corrected chi connectivity index (χ0v) is 7.51. The molecule has 5 N–H and O–H groups in total. The van der Waals surface area contributed by atoms with Gasteiger partial charge in [0.05, 0.1) is 6.54 Å². The fourth-order valence-electron chi connectivity index (χ4n) is 0.742. The Morgan fingerprint density at radius 2 is 1.75 bits per heavy atom. The zero-order valence-electron chi connectivity index (χ0n) is 6.69. The minimum absolute atomic E-state index is 0. The highest BCUT2D eigenvalue weighted by molar-refractivity contribution is 5.97. The Balaban J connectivity index is 0. The van der Waals surface area contributed by atoms with Gasteiger partial charge in [-0.05, 0) is 0 Å². The summed E-state index contributed by atoms with van der Waals surface area (Å²) in [6.07, 6.45) is 0. The van der Waals surface area contributed by atoms with Crippen molar-refractivity contribution >= 4 is 18.2 Å². The van der Waals surface area contributed by atoms with Crippen LogP contribution in [0.4, 0.5) is 0 Å². The van der Waals surface area contributed by atoms with E-state index in [4.69, 9.17) is 5.73 Å². The summed E-state index contributed by atoms with van der Waals surface area (Å²) in [5.74, 6) is -0.0133. The molecule has 0 saturated carbocycles. The Morgan fingerprint density at radius 3 is 2.17 bits per heavy atom. The third-order valence-corrected chi connectivity index (χ3v) is 1.28. The Hall–Kier alpha value is -0.900. The number of carbonyl (C=O) groups is 1. The number of nitrogens with two attached hydrogens (primary N) is 1. The molecule has 3 nitrogen and oxygen atoms in total. The molecule has 0 spiro atoms. The highest BCUT2D eigenvalue weighted by Gasteiger charge is 1.98. The van der Waals surface area contributed by atoms with Gasteiger partial charge >= 0.3 is 0 Å². The summed E-state index contributed by atoms with van der Waals surface area (Å²) in [7, 11) is 0. The van der Waals surface area contributed by atoms with Crippen LogP contribution in [0.1, 0.15) is 10.4 Å². The molecule has 0 bridgehead atoms. The first-order valence-corrected chi connectivity index (χ1v) is 3.13. The van der Waals surface area contributed by atoms with Crippen LogP contribution in [0.5, 0.6) is 0 Å². The van der Waals surface area contributed by atoms with Gasteiger partial charge in [0.1, 0.15) is 0 Å². The fraction of sp³-hybridized carbons (Fsp3) is 0.125. The predicted molar refractivity (Wildman–Crippen MR) is 52.1 cm³/mol. The molecule has 4 heteroatoms. The molecule has 0 unspecified atom stereocenters. The van der Waals surface area contributed by atoms with Crippen LogP contribution in [-0.4, -0.2) is 12.3 Å². The number of ketones is 1. The van der Waals surface area contributed by atoms with E-state index in [2.05, 4.69) is 0 Å². The van der Waals surface area contributed by atoms with Crippen molar-refractivity contribution in [2.24, 2.45) is 5.73 Å². The number of carbonyl (C=O) groups excluding carboxylic acids is 1. The minimum Gasteiger partial charge on any atom is -0.344 e. The molecule has 0 aliphatic carbocycles. The Morgan fingerprint density at radius 1 is 1.25 bits per heavy atom. The van der Waals surface area contributed by atoms with E-state index in [0.717, 1.165) is 0 Å². The molecule has 0 aliphatic rings. The van der Waals surface area contributed by atoms with Crippen molar-refractivity contribution < 1.29 is 4.79 Å². The lowest BCUT2D eigenvalue weighted by molar-refractivity contribution is 0.100. The number of rotatable bonds is 2. The summed E-state index contributed by atoms with van der Waals surface area (Å²) < 4.78 is 0. The van der Waals surface area contributed by atoms with Crippen molar-refractivity contribution in [2.75, 3.05) is 6.54 Å². The molecule has 0 radical (unpaired) electrons. The van der Waals surface area contributed by atoms with Gasteiger partial charge in [0, 0.05) is 5.56 Å². The van der Waals surface area contributed by atoms with Gasteiger partial charge in [0.15, 0.2) is 5.78 Å². The maximum atomic E-state index is 10.9. The summed E-state index contributed by atoms with van der Waals surface area (Å²) in [5, 5.41) is 0. The van der Waals surface area contributed by atoms with Crippen LogP contribution in [0.2, 0.25) is 0 Å². The monoisotopic (exact) mass is 188 g/mol. The molecular formula is C8H13ClN2O. The van der Waals surface area contributed by atoms with E-state index in [0.29, 0.717) is 5.56 Å². The topological polar surface area (TPSA) is 78.1 Å². The maximum absolute atomic E-state index is 10.9. The summed E-state index contributed by atoms with van der Waals surface area (Å²) >= 11 is 0. The van der Waals surface area contributed by atoms with Crippen LogP contribution in [0.3, 0.4) is 0 Å². The van der Waals surface area contributed by atoms with Gasteiger partial charge in [-0.2, -0.15) is 0 Å². The number of hydrogen-bond acceptors (Lipinski definition) is 3. The van der Waals surface area contributed by atoms with E-state index in [-0.39, 0.29) is 30.9 Å². The molecule has 68 valence electrons. The van der Waals surface area contributed by atoms with Crippen LogP contribution >= 0.6 is 12.4 Å². The van der Waals surface area contributed by atoms with E-state index < -0.39 is 0 Å². The fourth-order valence-corrected chi connectivity index (χ4v) is 0.742. The molecule has 0 amide bonds. The van der Waals surface area contributed by atoms with Crippen LogP contribution in [-0.2, 0) is 0 Å². The van der Waals surface area contributed by atoms with E-state index in [1.807, 2.05) is 18.2 Å². The standard InChI is InChI=1S/C8H9NO.ClH.H3N/c9-6-8(10)7-4-2-1-3-5-7;;/h1-5H,6,9H2;1H;1H3. The SMILES string of the molecule is Cl.N.NCC(=O)c1ccccc1. The van der Waals surface area contributed by atoms with Gasteiger partial charge in [-0.1, -0.05) is 30.3 Å². The highest BCUT2D eigenvalue weighted by atomic mass is 35.5. The quantitative estimate of drug-likeness (QED) is 0.689. The van der Waals surface area contributed by atoms with Gasteiger partial charge in [-0.3, -0.25) is 4.79 Å². The Bertz CT molecular complexity index is 226. The molecule has 0 atom stereocenters. The Labute approximate surface area is 78.0 Å². The van der Waals surface area contributed by atoms with Crippen LogP contribution in [0.15, 0.2) is 30.3 Å². The molecule has 1 rings (SSSR count). The van der Waals surface area contributed by atoms with Gasteiger partial charge in [0.25, 0.3) is 0 Å². The molecule has 0 fully saturated rings. The summed E-state index contributed by atoms with van der Waals surface area (Å²) in [6, 6.07) is 9.03. The number of Topliss-reactive ketones (excluding diaryl/α,β-unsaturated/α-hetero) is 1. The van der Waals surface area contributed by atoms with E-state index in [1.165, 1.54) is 0 Å². The van der Waals surface area contributed by atoms with Crippen molar-refractivity contribution in [1.29, 1.82) is 0 Å². The van der Waals surface area contributed by atoms with E-state index in [1.54, 1.807) is 12.1 Å². The normalized spacial score (nSPS) is 7.75. The molecule has 12 heavy (non-hydrogen) atoms. The van der Waals surface area contributed by atoms with E-state index >= 15 is 0 Å². The van der Waals surface area contributed by atoms with Crippen molar-refractivity contribution in [3.63, 3.8) is 0 Å².